The van der Waals surface area contributed by atoms with Crippen LogP contribution in [0.4, 0.5) is 18.9 Å². The van der Waals surface area contributed by atoms with Gasteiger partial charge in [0, 0.05) is 36.9 Å². The highest BCUT2D eigenvalue weighted by atomic mass is 35.5. The highest BCUT2D eigenvalue weighted by Gasteiger charge is 2.32. The minimum absolute atomic E-state index is 0.301. The fourth-order valence-electron chi connectivity index (χ4n) is 3.43. The molecule has 8 nitrogen and oxygen atoms in total. The van der Waals surface area contributed by atoms with E-state index >= 15 is 0 Å². The molecule has 0 amide bonds. The summed E-state index contributed by atoms with van der Waals surface area (Å²) >= 11 is 5.96. The third-order valence-corrected chi connectivity index (χ3v) is 5.46. The maximum Gasteiger partial charge on any atom is 0.433 e. The van der Waals surface area contributed by atoms with Crippen molar-refractivity contribution in [2.24, 2.45) is 7.05 Å². The van der Waals surface area contributed by atoms with E-state index in [0.29, 0.717) is 23.8 Å². The van der Waals surface area contributed by atoms with Crippen molar-refractivity contribution in [3.63, 3.8) is 0 Å². The summed E-state index contributed by atoms with van der Waals surface area (Å²) in [6, 6.07) is 9.76. The monoisotopic (exact) mass is 492 g/mol. The van der Waals surface area contributed by atoms with Gasteiger partial charge < -0.3 is 10.0 Å². The molecule has 1 aliphatic heterocycles. The molecular weight excluding hydrogens is 473 g/mol. The molecule has 1 aliphatic rings. The van der Waals surface area contributed by atoms with E-state index in [0.717, 1.165) is 28.4 Å². The number of aryl methyl sites for hydroxylation is 2. The first kappa shape index (κ1) is 23.7. The number of aromatic nitrogens is 5. The molecule has 0 bridgehead atoms. The van der Waals surface area contributed by atoms with Gasteiger partial charge in [0.05, 0.1) is 18.0 Å². The molecule has 12 heteroatoms. The van der Waals surface area contributed by atoms with Crippen molar-refractivity contribution in [2.75, 3.05) is 18.0 Å². The van der Waals surface area contributed by atoms with E-state index in [2.05, 4.69) is 15.2 Å². The number of pyridine rings is 1. The van der Waals surface area contributed by atoms with Gasteiger partial charge in [0.1, 0.15) is 5.69 Å². The summed E-state index contributed by atoms with van der Waals surface area (Å²) in [5.74, 6) is 0. The minimum atomic E-state index is -4.33. The maximum atomic E-state index is 12.1. The number of β-amino-alcohol motifs (C(OH)–C–C–N with tert-alkyl or cyclic N) is 1. The molecule has 3 aromatic heterocycles. The van der Waals surface area contributed by atoms with Crippen LogP contribution in [0.1, 0.15) is 11.3 Å². The topological polar surface area (TPSA) is 88.6 Å². The Labute approximate surface area is 196 Å². The molecule has 178 valence electrons. The Morgan fingerprint density at radius 2 is 1.76 bits per heavy atom. The van der Waals surface area contributed by atoms with Gasteiger partial charge in [-0.25, -0.2) is 9.48 Å². The summed E-state index contributed by atoms with van der Waals surface area (Å²) in [5.41, 5.74) is 2.64. The molecule has 0 unspecified atom stereocenters. The first-order valence-electron chi connectivity index (χ1n) is 10.2. The highest BCUT2D eigenvalue weighted by Crippen LogP contribution is 2.35. The summed E-state index contributed by atoms with van der Waals surface area (Å²) in [4.78, 5) is 17.3. The van der Waals surface area contributed by atoms with Gasteiger partial charge in [-0.1, -0.05) is 29.8 Å². The van der Waals surface area contributed by atoms with Gasteiger partial charge in [0.25, 0.3) is 0 Å². The third kappa shape index (κ3) is 4.75. The lowest BCUT2D eigenvalue weighted by molar-refractivity contribution is -0.141. The van der Waals surface area contributed by atoms with Crippen LogP contribution in [-0.4, -0.2) is 48.7 Å². The van der Waals surface area contributed by atoms with Crippen molar-refractivity contribution in [1.82, 2.24) is 24.4 Å². The van der Waals surface area contributed by atoms with Crippen molar-refractivity contribution in [1.29, 1.82) is 0 Å². The molecule has 0 spiro atoms. The number of aliphatic hydroxyl groups excluding tert-OH is 1. The summed E-state index contributed by atoms with van der Waals surface area (Å²) < 4.78 is 38.1. The molecule has 1 fully saturated rings. The van der Waals surface area contributed by atoms with E-state index in [1.807, 2.05) is 17.0 Å². The van der Waals surface area contributed by atoms with Crippen LogP contribution in [0.3, 0.4) is 0 Å². The standard InChI is InChI=1S/C15H14ClN5O2.C7H6F3N/c1-19-15(23)21-14(18-19)13(20-7-11(22)8-20)12(6-17-21)9-2-4-10(16)5-3-9;1-5-2-3-6(11-4-5)7(8,9)10/h2-6,11,22H,7-8H2,1H3;2-4H,1H3. The quantitative estimate of drug-likeness (QED) is 0.462. The van der Waals surface area contributed by atoms with Crippen LogP contribution in [0.25, 0.3) is 16.8 Å². The maximum absolute atomic E-state index is 12.1. The van der Waals surface area contributed by atoms with Crippen LogP contribution < -0.4 is 10.6 Å². The molecule has 0 radical (unpaired) electrons. The lowest BCUT2D eigenvalue weighted by atomic mass is 10.0. The number of halogens is 4. The van der Waals surface area contributed by atoms with Crippen LogP contribution in [0.2, 0.25) is 5.02 Å². The second kappa shape index (κ2) is 9.07. The van der Waals surface area contributed by atoms with Gasteiger partial charge in [-0.3, -0.25) is 4.98 Å². The number of anilines is 1. The number of nitrogens with zero attached hydrogens (tertiary/aromatic N) is 6. The molecule has 1 aromatic carbocycles. The second-order valence-corrected chi connectivity index (χ2v) is 8.27. The van der Waals surface area contributed by atoms with Gasteiger partial charge in [-0.05, 0) is 36.2 Å². The number of rotatable bonds is 2. The Bertz CT molecular complexity index is 1360. The van der Waals surface area contributed by atoms with Crippen molar-refractivity contribution in [2.45, 2.75) is 19.2 Å². The summed E-state index contributed by atoms with van der Waals surface area (Å²) in [6.07, 6.45) is -1.84. The van der Waals surface area contributed by atoms with E-state index in [-0.39, 0.29) is 11.8 Å². The average Bonchev–Trinajstić information content (AvgIpc) is 3.06. The molecular formula is C22H20ClF3N6O2. The van der Waals surface area contributed by atoms with Crippen molar-refractivity contribution in [3.8, 4) is 11.1 Å². The molecule has 0 aliphatic carbocycles. The minimum Gasteiger partial charge on any atom is -0.389 e. The van der Waals surface area contributed by atoms with E-state index < -0.39 is 11.9 Å². The van der Waals surface area contributed by atoms with Crippen LogP contribution >= 0.6 is 11.6 Å². The van der Waals surface area contributed by atoms with Gasteiger partial charge in [0.15, 0.2) is 0 Å². The fraction of sp³-hybridized carbons (Fsp3) is 0.273. The largest absolute Gasteiger partial charge is 0.433 e. The molecule has 5 rings (SSSR count). The molecule has 1 N–H and O–H groups in total. The third-order valence-electron chi connectivity index (χ3n) is 5.21. The van der Waals surface area contributed by atoms with Crippen LogP contribution in [0.15, 0.2) is 53.6 Å². The summed E-state index contributed by atoms with van der Waals surface area (Å²) in [6.45, 7) is 2.70. The van der Waals surface area contributed by atoms with Crippen LogP contribution in [0.5, 0.6) is 0 Å². The van der Waals surface area contributed by atoms with E-state index in [1.54, 1.807) is 32.3 Å². The zero-order valence-corrected chi connectivity index (χ0v) is 18.9. The smallest absolute Gasteiger partial charge is 0.389 e. The number of aliphatic hydroxyl groups is 1. The summed E-state index contributed by atoms with van der Waals surface area (Å²) in [5, 5.41) is 18.8. The highest BCUT2D eigenvalue weighted by molar-refractivity contribution is 6.30. The van der Waals surface area contributed by atoms with Gasteiger partial charge in [-0.15, -0.1) is 5.10 Å². The zero-order chi connectivity index (χ0) is 24.6. The van der Waals surface area contributed by atoms with Gasteiger partial charge in [-0.2, -0.15) is 22.8 Å². The molecule has 0 atom stereocenters. The summed E-state index contributed by atoms with van der Waals surface area (Å²) in [7, 11) is 1.59. The first-order chi connectivity index (χ1) is 16.0. The Morgan fingerprint density at radius 3 is 2.32 bits per heavy atom. The van der Waals surface area contributed by atoms with E-state index in [1.165, 1.54) is 21.5 Å². The van der Waals surface area contributed by atoms with Crippen molar-refractivity contribution < 1.29 is 18.3 Å². The van der Waals surface area contributed by atoms with E-state index in [9.17, 15) is 23.1 Å². The van der Waals surface area contributed by atoms with Crippen molar-refractivity contribution >= 4 is 22.9 Å². The lowest BCUT2D eigenvalue weighted by Gasteiger charge is -2.38. The number of alkyl halides is 3. The zero-order valence-electron chi connectivity index (χ0n) is 18.2. The predicted octanol–water partition coefficient (Wildman–Crippen LogP) is 3.34. The SMILES string of the molecule is Cc1ccc(C(F)(F)F)nc1.Cn1nc2c(N3CC(O)C3)c(-c3ccc(Cl)cc3)cnn2c1=O. The van der Waals surface area contributed by atoms with Crippen molar-refractivity contribution in [3.05, 3.63) is 75.6 Å². The second-order valence-electron chi connectivity index (χ2n) is 7.83. The number of hydrogen-bond donors (Lipinski definition) is 1. The Kier molecular flexibility index (Phi) is 6.32. The van der Waals surface area contributed by atoms with Gasteiger partial charge in [0.2, 0.25) is 5.65 Å². The lowest BCUT2D eigenvalue weighted by Crippen LogP contribution is -2.51. The number of hydrogen-bond acceptors (Lipinski definition) is 6. The predicted molar refractivity (Wildman–Crippen MR) is 121 cm³/mol. The molecule has 4 aromatic rings. The molecule has 1 saturated heterocycles. The first-order valence-corrected chi connectivity index (χ1v) is 10.6. The Morgan fingerprint density at radius 1 is 1.09 bits per heavy atom. The van der Waals surface area contributed by atoms with Crippen LogP contribution in [-0.2, 0) is 13.2 Å². The molecule has 4 heterocycles. The fourth-order valence-corrected chi connectivity index (χ4v) is 3.56. The average molecular weight is 493 g/mol. The van der Waals surface area contributed by atoms with Gasteiger partial charge >= 0.3 is 11.9 Å². The molecule has 34 heavy (non-hydrogen) atoms. The number of fused-ring (bicyclic) bond motifs is 1. The normalized spacial score (nSPS) is 14.0. The Hall–Kier alpha value is -3.44. The molecule has 0 saturated carbocycles. The number of benzene rings is 1. The van der Waals surface area contributed by atoms with Crippen LogP contribution in [0, 0.1) is 6.92 Å². The Balaban J connectivity index is 0.000000210. The van der Waals surface area contributed by atoms with E-state index in [4.69, 9.17) is 11.6 Å².